The third kappa shape index (κ3) is 3.44. The molecule has 4 nitrogen and oxygen atoms in total. The van der Waals surface area contributed by atoms with Crippen molar-refractivity contribution in [2.24, 2.45) is 0 Å². The third-order valence-electron chi connectivity index (χ3n) is 1.76. The average molecular weight is 204 g/mol. The van der Waals surface area contributed by atoms with Crippen LogP contribution in [0.3, 0.4) is 0 Å². The Morgan fingerprint density at radius 3 is 2.69 bits per heavy atom. The molecular formula is C8H13O4P. The molecule has 1 rings (SSSR count). The van der Waals surface area contributed by atoms with Crippen LogP contribution in [0.5, 0.6) is 0 Å². The Labute approximate surface area is 77.2 Å². The zero-order valence-corrected chi connectivity index (χ0v) is 8.49. The van der Waals surface area contributed by atoms with Gasteiger partial charge < -0.3 is 9.79 Å². The Hall–Kier alpha value is -0.410. The lowest BCUT2D eigenvalue weighted by molar-refractivity contribution is 0.0895. The first-order valence-electron chi connectivity index (χ1n) is 3.93. The first-order chi connectivity index (χ1) is 5.81. The van der Waals surface area contributed by atoms with Crippen LogP contribution in [0.15, 0.2) is 23.8 Å². The normalized spacial score (nSPS) is 28.8. The lowest BCUT2D eigenvalue weighted by Crippen LogP contribution is -2.25. The molecule has 2 N–H and O–H groups in total. The molecular weight excluding hydrogens is 191 g/mol. The van der Waals surface area contributed by atoms with E-state index in [1.165, 1.54) is 0 Å². The van der Waals surface area contributed by atoms with Gasteiger partial charge in [-0.25, -0.2) is 4.57 Å². The first kappa shape index (κ1) is 10.7. The summed E-state index contributed by atoms with van der Waals surface area (Å²) in [6, 6.07) is 0. The van der Waals surface area contributed by atoms with Crippen molar-refractivity contribution >= 4 is 7.82 Å². The van der Waals surface area contributed by atoms with E-state index >= 15 is 0 Å². The van der Waals surface area contributed by atoms with Gasteiger partial charge in [-0.15, -0.1) is 0 Å². The molecule has 0 aromatic carbocycles. The Bertz CT molecular complexity index is 301. The summed E-state index contributed by atoms with van der Waals surface area (Å²) < 4.78 is 15.3. The number of hydrogen-bond acceptors (Lipinski definition) is 2. The van der Waals surface area contributed by atoms with Crippen molar-refractivity contribution in [3.63, 3.8) is 0 Å². The summed E-state index contributed by atoms with van der Waals surface area (Å²) in [6.45, 7) is 3.51. The second-order valence-electron chi connectivity index (χ2n) is 3.39. The summed E-state index contributed by atoms with van der Waals surface area (Å²) >= 11 is 0. The maximum absolute atomic E-state index is 10.6. The Balaban J connectivity index is 2.79. The van der Waals surface area contributed by atoms with Gasteiger partial charge in [0.2, 0.25) is 0 Å². The van der Waals surface area contributed by atoms with Gasteiger partial charge >= 0.3 is 7.82 Å². The Kier molecular flexibility index (Phi) is 2.78. The molecule has 13 heavy (non-hydrogen) atoms. The molecule has 0 aromatic rings. The number of rotatable bonds is 2. The van der Waals surface area contributed by atoms with Crippen LogP contribution >= 0.6 is 7.82 Å². The van der Waals surface area contributed by atoms with E-state index in [4.69, 9.17) is 9.79 Å². The van der Waals surface area contributed by atoms with Crippen molar-refractivity contribution in [3.05, 3.63) is 23.8 Å². The molecule has 74 valence electrons. The van der Waals surface area contributed by atoms with Crippen LogP contribution < -0.4 is 0 Å². The predicted molar refractivity (Wildman–Crippen MR) is 49.0 cm³/mol. The van der Waals surface area contributed by atoms with Gasteiger partial charge in [-0.3, -0.25) is 4.52 Å². The van der Waals surface area contributed by atoms with Crippen molar-refractivity contribution < 1.29 is 18.9 Å². The molecule has 1 aliphatic rings. The number of allylic oxidation sites excluding steroid dienone is 2. The maximum atomic E-state index is 10.6. The summed E-state index contributed by atoms with van der Waals surface area (Å²) in [7, 11) is -4.40. The average Bonchev–Trinajstić information content (AvgIpc) is 1.79. The van der Waals surface area contributed by atoms with Crippen molar-refractivity contribution in [2.45, 2.75) is 25.9 Å². The van der Waals surface area contributed by atoms with E-state index in [1.54, 1.807) is 13.0 Å². The summed E-state index contributed by atoms with van der Waals surface area (Å²) in [5.74, 6) is 0. The second kappa shape index (κ2) is 3.39. The van der Waals surface area contributed by atoms with Gasteiger partial charge in [0, 0.05) is 0 Å². The molecule has 0 spiro atoms. The quantitative estimate of drug-likeness (QED) is 0.672. The molecule has 0 saturated heterocycles. The van der Waals surface area contributed by atoms with Gasteiger partial charge in [-0.2, -0.15) is 0 Å². The van der Waals surface area contributed by atoms with Gasteiger partial charge in [0.1, 0.15) is 0 Å². The minimum Gasteiger partial charge on any atom is -0.303 e. The van der Waals surface area contributed by atoms with Crippen LogP contribution in [0.25, 0.3) is 0 Å². The van der Waals surface area contributed by atoms with Gasteiger partial charge in [-0.05, 0) is 26.3 Å². The predicted octanol–water partition coefficient (Wildman–Crippen LogP) is 1.76. The molecule has 1 unspecified atom stereocenters. The molecule has 0 aromatic heterocycles. The molecule has 0 saturated carbocycles. The summed E-state index contributed by atoms with van der Waals surface area (Å²) in [4.78, 5) is 17.3. The number of phosphoric ester groups is 1. The van der Waals surface area contributed by atoms with Crippen LogP contribution in [-0.2, 0) is 9.09 Å². The monoisotopic (exact) mass is 204 g/mol. The molecule has 5 heteroatoms. The van der Waals surface area contributed by atoms with E-state index in [-0.39, 0.29) is 0 Å². The molecule has 0 heterocycles. The molecule has 0 amide bonds. The number of hydrogen-bond donors (Lipinski definition) is 2. The highest BCUT2D eigenvalue weighted by Crippen LogP contribution is 2.44. The summed E-state index contributed by atoms with van der Waals surface area (Å²) in [5.41, 5.74) is 0.0694. The highest BCUT2D eigenvalue weighted by Gasteiger charge is 2.31. The topological polar surface area (TPSA) is 66.8 Å². The van der Waals surface area contributed by atoms with Gasteiger partial charge in [-0.1, -0.05) is 17.7 Å². The van der Waals surface area contributed by atoms with Crippen molar-refractivity contribution in [2.75, 3.05) is 0 Å². The fourth-order valence-electron chi connectivity index (χ4n) is 1.40. The molecule has 1 atom stereocenters. The summed E-state index contributed by atoms with van der Waals surface area (Å²) in [5, 5.41) is 0. The summed E-state index contributed by atoms with van der Waals surface area (Å²) in [6.07, 6.45) is 5.93. The van der Waals surface area contributed by atoms with E-state index in [0.29, 0.717) is 6.42 Å². The van der Waals surface area contributed by atoms with Crippen molar-refractivity contribution in [1.29, 1.82) is 0 Å². The second-order valence-corrected chi connectivity index (χ2v) is 4.55. The van der Waals surface area contributed by atoms with Crippen molar-refractivity contribution in [3.8, 4) is 0 Å². The molecule has 1 aliphatic carbocycles. The molecule has 0 aliphatic heterocycles. The highest BCUT2D eigenvalue weighted by atomic mass is 31.2. The van der Waals surface area contributed by atoms with Crippen molar-refractivity contribution in [1.82, 2.24) is 0 Å². The minimum atomic E-state index is -4.40. The zero-order chi connectivity index (χ0) is 10.1. The lowest BCUT2D eigenvalue weighted by Gasteiger charge is -2.27. The maximum Gasteiger partial charge on any atom is 0.470 e. The van der Waals surface area contributed by atoms with E-state index in [1.807, 2.05) is 19.1 Å². The zero-order valence-electron chi connectivity index (χ0n) is 7.60. The van der Waals surface area contributed by atoms with E-state index in [9.17, 15) is 4.57 Å². The molecule has 0 fully saturated rings. The van der Waals surface area contributed by atoms with Crippen LogP contribution in [-0.4, -0.2) is 15.4 Å². The van der Waals surface area contributed by atoms with E-state index in [0.717, 1.165) is 5.57 Å². The van der Waals surface area contributed by atoms with E-state index in [2.05, 4.69) is 4.52 Å². The van der Waals surface area contributed by atoms with Gasteiger partial charge in [0.15, 0.2) is 0 Å². The van der Waals surface area contributed by atoms with E-state index < -0.39 is 13.4 Å². The minimum absolute atomic E-state index is 0.482. The smallest absolute Gasteiger partial charge is 0.303 e. The highest BCUT2D eigenvalue weighted by molar-refractivity contribution is 7.46. The van der Waals surface area contributed by atoms with Crippen LogP contribution in [0.1, 0.15) is 20.3 Å². The lowest BCUT2D eigenvalue weighted by atomic mass is 9.94. The third-order valence-corrected chi connectivity index (χ3v) is 2.42. The van der Waals surface area contributed by atoms with Crippen LogP contribution in [0.4, 0.5) is 0 Å². The Morgan fingerprint density at radius 1 is 1.62 bits per heavy atom. The standard InChI is InChI=1S/C8H13O4P/c1-7-4-3-5-8(2,6-7)12-13(9,10)11/h3-4,6H,5H2,1-2H3,(H2,9,10,11). The molecule has 0 bridgehead atoms. The SMILES string of the molecule is CC1=CC(C)(OP(=O)(O)O)CC=C1. The van der Waals surface area contributed by atoms with Gasteiger partial charge in [0.25, 0.3) is 0 Å². The van der Waals surface area contributed by atoms with Crippen LogP contribution in [0.2, 0.25) is 0 Å². The largest absolute Gasteiger partial charge is 0.470 e. The number of phosphoric acid groups is 1. The van der Waals surface area contributed by atoms with Gasteiger partial charge in [0.05, 0.1) is 5.60 Å². The Morgan fingerprint density at radius 2 is 2.23 bits per heavy atom. The first-order valence-corrected chi connectivity index (χ1v) is 5.46. The fraction of sp³-hybridized carbons (Fsp3) is 0.500. The fourth-order valence-corrected chi connectivity index (χ4v) is 2.07. The molecule has 0 radical (unpaired) electrons. The van der Waals surface area contributed by atoms with Crippen LogP contribution in [0, 0.1) is 0 Å².